The molecule has 1 nitrogen and oxygen atoms in total. The van der Waals surface area contributed by atoms with E-state index < -0.39 is 0 Å². The number of carbonyl (C=O) groups is 1. The van der Waals surface area contributed by atoms with Gasteiger partial charge in [-0.2, -0.15) is 0 Å². The van der Waals surface area contributed by atoms with Gasteiger partial charge in [-0.05, 0) is 5.30 Å². The zero-order chi connectivity index (χ0) is 8.27. The van der Waals surface area contributed by atoms with Gasteiger partial charge in [-0.3, -0.25) is 4.79 Å². The summed E-state index contributed by atoms with van der Waals surface area (Å²) < 4.78 is 0. The summed E-state index contributed by atoms with van der Waals surface area (Å²) in [6, 6.07) is 7.27. The lowest BCUT2D eigenvalue weighted by atomic mass is 10.1. The highest BCUT2D eigenvalue weighted by atomic mass is 35.5. The molecule has 1 unspecified atom stereocenters. The predicted molar refractivity (Wildman–Crippen MR) is 50.8 cm³/mol. The summed E-state index contributed by atoms with van der Waals surface area (Å²) in [5.41, 5.74) is 0.672. The Balaban J connectivity index is 2.90. The molecule has 0 aliphatic heterocycles. The van der Waals surface area contributed by atoms with Crippen LogP contribution in [0.2, 0.25) is 0 Å². The Bertz CT molecular complexity index is 255. The molecule has 0 spiro atoms. The molecule has 0 N–H and O–H groups in total. The second kappa shape index (κ2) is 3.85. The lowest BCUT2D eigenvalue weighted by Gasteiger charge is -1.95. The molecule has 0 aromatic heterocycles. The third-order valence-corrected chi connectivity index (χ3v) is 1.98. The van der Waals surface area contributed by atoms with Crippen molar-refractivity contribution in [1.82, 2.24) is 0 Å². The van der Waals surface area contributed by atoms with E-state index in [-0.39, 0.29) is 11.7 Å². The first-order valence-corrected chi connectivity index (χ1v) is 4.30. The molecular weight excluding hydrogens is 179 g/mol. The molecule has 0 heterocycles. The van der Waals surface area contributed by atoms with Gasteiger partial charge in [0.15, 0.2) is 5.78 Å². The lowest BCUT2D eigenvalue weighted by Crippen LogP contribution is -2.01. The van der Waals surface area contributed by atoms with Gasteiger partial charge >= 0.3 is 0 Å². The van der Waals surface area contributed by atoms with Crippen molar-refractivity contribution < 1.29 is 4.79 Å². The number of hydrogen-bond donors (Lipinski definition) is 0. The SMILES string of the molecule is O=C(CCl)c1ccc(P)cc1. The Morgan fingerprint density at radius 2 is 1.91 bits per heavy atom. The highest BCUT2D eigenvalue weighted by Gasteiger charge is 2.01. The highest BCUT2D eigenvalue weighted by molar-refractivity contribution is 7.27. The number of hydrogen-bond acceptors (Lipinski definition) is 1. The summed E-state index contributed by atoms with van der Waals surface area (Å²) in [6.07, 6.45) is 0. The largest absolute Gasteiger partial charge is 0.293 e. The van der Waals surface area contributed by atoms with Crippen molar-refractivity contribution in [2.75, 3.05) is 5.88 Å². The number of rotatable bonds is 2. The normalized spacial score (nSPS) is 9.64. The van der Waals surface area contributed by atoms with Crippen LogP contribution in [0.5, 0.6) is 0 Å². The van der Waals surface area contributed by atoms with Gasteiger partial charge in [0.2, 0.25) is 0 Å². The van der Waals surface area contributed by atoms with Gasteiger partial charge in [-0.25, -0.2) is 0 Å². The molecule has 0 amide bonds. The fourth-order valence-electron chi connectivity index (χ4n) is 0.746. The van der Waals surface area contributed by atoms with Crippen molar-refractivity contribution in [3.63, 3.8) is 0 Å². The Labute approximate surface area is 73.0 Å². The monoisotopic (exact) mass is 186 g/mol. The first-order chi connectivity index (χ1) is 5.24. The lowest BCUT2D eigenvalue weighted by molar-refractivity contribution is 0.102. The molecule has 0 aliphatic rings. The maximum absolute atomic E-state index is 11.0. The van der Waals surface area contributed by atoms with Crippen LogP contribution in [0.1, 0.15) is 10.4 Å². The predicted octanol–water partition coefficient (Wildman–Crippen LogP) is 1.61. The van der Waals surface area contributed by atoms with Crippen LogP contribution >= 0.6 is 20.8 Å². The summed E-state index contributed by atoms with van der Waals surface area (Å²) in [5, 5.41) is 1.07. The standard InChI is InChI=1S/C8H8ClOP/c9-5-8(10)6-1-3-7(11)4-2-6/h1-4H,5,11H2. The fourth-order valence-corrected chi connectivity index (χ4v) is 1.09. The number of alkyl halides is 1. The smallest absolute Gasteiger partial charge is 0.177 e. The van der Waals surface area contributed by atoms with Crippen LogP contribution in [0.3, 0.4) is 0 Å². The number of Topliss-reactive ketones (excluding diaryl/α,β-unsaturated/α-hetero) is 1. The van der Waals surface area contributed by atoms with Gasteiger partial charge in [-0.15, -0.1) is 20.8 Å². The van der Waals surface area contributed by atoms with Gasteiger partial charge in [0.05, 0.1) is 5.88 Å². The number of halogens is 1. The zero-order valence-electron chi connectivity index (χ0n) is 5.88. The maximum atomic E-state index is 11.0. The van der Waals surface area contributed by atoms with Crippen molar-refractivity contribution in [2.45, 2.75) is 0 Å². The minimum atomic E-state index is -0.0309. The van der Waals surface area contributed by atoms with Crippen LogP contribution in [-0.2, 0) is 0 Å². The van der Waals surface area contributed by atoms with Crippen LogP contribution < -0.4 is 5.30 Å². The highest BCUT2D eigenvalue weighted by Crippen LogP contribution is 2.01. The van der Waals surface area contributed by atoms with Crippen LogP contribution in [0, 0.1) is 0 Å². The van der Waals surface area contributed by atoms with Crippen molar-refractivity contribution in [2.24, 2.45) is 0 Å². The number of benzene rings is 1. The minimum absolute atomic E-state index is 0.0309. The van der Waals surface area contributed by atoms with Crippen LogP contribution in [0.25, 0.3) is 0 Å². The number of carbonyl (C=O) groups excluding carboxylic acids is 1. The Kier molecular flexibility index (Phi) is 3.04. The Morgan fingerprint density at radius 3 is 2.36 bits per heavy atom. The third kappa shape index (κ3) is 2.28. The first kappa shape index (κ1) is 8.70. The average Bonchev–Trinajstić information content (AvgIpc) is 2.05. The van der Waals surface area contributed by atoms with Crippen molar-refractivity contribution in [1.29, 1.82) is 0 Å². The second-order valence-electron chi connectivity index (χ2n) is 2.18. The molecule has 1 rings (SSSR count). The van der Waals surface area contributed by atoms with Gasteiger partial charge in [0.25, 0.3) is 0 Å². The molecular formula is C8H8ClOP. The van der Waals surface area contributed by atoms with E-state index in [0.717, 1.165) is 5.30 Å². The minimum Gasteiger partial charge on any atom is -0.293 e. The zero-order valence-corrected chi connectivity index (χ0v) is 7.79. The van der Waals surface area contributed by atoms with Crippen LogP contribution in [-0.4, -0.2) is 11.7 Å². The van der Waals surface area contributed by atoms with E-state index in [1.807, 2.05) is 12.1 Å². The molecule has 58 valence electrons. The van der Waals surface area contributed by atoms with E-state index in [2.05, 4.69) is 9.24 Å². The molecule has 1 aromatic rings. The Hall–Kier alpha value is -0.390. The van der Waals surface area contributed by atoms with Crippen molar-refractivity contribution >= 4 is 31.9 Å². The van der Waals surface area contributed by atoms with E-state index in [0.29, 0.717) is 5.56 Å². The molecule has 0 saturated carbocycles. The summed E-state index contributed by atoms with van der Waals surface area (Å²) in [6.45, 7) is 0. The summed E-state index contributed by atoms with van der Waals surface area (Å²) in [4.78, 5) is 11.0. The third-order valence-electron chi connectivity index (χ3n) is 1.35. The van der Waals surface area contributed by atoms with Gasteiger partial charge in [-0.1, -0.05) is 24.3 Å². The van der Waals surface area contributed by atoms with Gasteiger partial charge in [0, 0.05) is 5.56 Å². The molecule has 0 fully saturated rings. The molecule has 3 heteroatoms. The fraction of sp³-hybridized carbons (Fsp3) is 0.125. The van der Waals surface area contributed by atoms with E-state index in [9.17, 15) is 4.79 Å². The topological polar surface area (TPSA) is 17.1 Å². The number of ketones is 1. The summed E-state index contributed by atoms with van der Waals surface area (Å²) >= 11 is 5.37. The quantitative estimate of drug-likeness (QED) is 0.390. The van der Waals surface area contributed by atoms with Gasteiger partial charge < -0.3 is 0 Å². The van der Waals surface area contributed by atoms with E-state index in [1.54, 1.807) is 12.1 Å². The van der Waals surface area contributed by atoms with Crippen LogP contribution in [0.15, 0.2) is 24.3 Å². The van der Waals surface area contributed by atoms with Gasteiger partial charge in [0.1, 0.15) is 0 Å². The maximum Gasteiger partial charge on any atom is 0.177 e. The van der Waals surface area contributed by atoms with Crippen molar-refractivity contribution in [3.8, 4) is 0 Å². The molecule has 0 aliphatic carbocycles. The first-order valence-electron chi connectivity index (χ1n) is 3.18. The molecule has 0 radical (unpaired) electrons. The average molecular weight is 187 g/mol. The molecule has 1 atom stereocenters. The van der Waals surface area contributed by atoms with Crippen molar-refractivity contribution in [3.05, 3.63) is 29.8 Å². The molecule has 0 bridgehead atoms. The summed E-state index contributed by atoms with van der Waals surface area (Å²) in [5.74, 6) is 0.0209. The van der Waals surface area contributed by atoms with E-state index in [1.165, 1.54) is 0 Å². The van der Waals surface area contributed by atoms with E-state index in [4.69, 9.17) is 11.6 Å². The molecule has 1 aromatic carbocycles. The second-order valence-corrected chi connectivity index (χ2v) is 3.11. The molecule has 0 saturated heterocycles. The van der Waals surface area contributed by atoms with Crippen LogP contribution in [0.4, 0.5) is 0 Å². The molecule has 11 heavy (non-hydrogen) atoms. The summed E-state index contributed by atoms with van der Waals surface area (Å²) in [7, 11) is 2.55. The Morgan fingerprint density at radius 1 is 1.36 bits per heavy atom. The van der Waals surface area contributed by atoms with E-state index >= 15 is 0 Å².